The summed E-state index contributed by atoms with van der Waals surface area (Å²) in [4.78, 5) is 29.1. The number of piperazine rings is 1. The Hall–Kier alpha value is -2.48. The van der Waals surface area contributed by atoms with Crippen molar-refractivity contribution < 1.29 is 14.7 Å². The molecule has 0 aliphatic carbocycles. The average molecular weight is 275 g/mol. The minimum Gasteiger partial charge on any atom is -0.480 e. The van der Waals surface area contributed by atoms with Crippen LogP contribution in [0.4, 0.5) is 0 Å². The minimum absolute atomic E-state index is 0.249. The van der Waals surface area contributed by atoms with Gasteiger partial charge in [-0.25, -0.2) is 9.31 Å². The van der Waals surface area contributed by atoms with Gasteiger partial charge in [-0.1, -0.05) is 0 Å². The lowest BCUT2D eigenvalue weighted by atomic mass is 10.1. The largest absolute Gasteiger partial charge is 0.480 e. The number of aliphatic carboxylic acids is 1. The number of carboxylic acids is 1. The number of hydrogen-bond donors (Lipinski definition) is 2. The molecular weight excluding hydrogens is 262 g/mol. The Bertz CT molecular complexity index is 668. The van der Waals surface area contributed by atoms with E-state index in [4.69, 9.17) is 0 Å². The Morgan fingerprint density at radius 1 is 1.40 bits per heavy atom. The maximum atomic E-state index is 12.5. The predicted molar refractivity (Wildman–Crippen MR) is 68.3 cm³/mol. The molecule has 0 spiro atoms. The zero-order valence-corrected chi connectivity index (χ0v) is 10.6. The van der Waals surface area contributed by atoms with Crippen LogP contribution >= 0.6 is 0 Å². The molecule has 1 fully saturated rings. The fraction of sp³-hybridized carbons (Fsp3) is 0.333. The van der Waals surface area contributed by atoms with E-state index in [0.29, 0.717) is 24.2 Å². The van der Waals surface area contributed by atoms with Crippen molar-refractivity contribution in [3.05, 3.63) is 30.4 Å². The summed E-state index contributed by atoms with van der Waals surface area (Å²) in [5.74, 6) is -1.35. The molecule has 1 atom stereocenters. The van der Waals surface area contributed by atoms with Crippen LogP contribution in [-0.2, 0) is 4.79 Å². The van der Waals surface area contributed by atoms with Gasteiger partial charge in [-0.2, -0.15) is 5.10 Å². The zero-order chi connectivity index (χ0) is 14.1. The molecule has 1 amide bonds. The summed E-state index contributed by atoms with van der Waals surface area (Å²) in [6, 6.07) is -0.858. The molecule has 8 nitrogen and oxygen atoms in total. The van der Waals surface area contributed by atoms with E-state index in [9.17, 15) is 14.7 Å². The first-order chi connectivity index (χ1) is 9.68. The van der Waals surface area contributed by atoms with Crippen molar-refractivity contribution in [1.29, 1.82) is 0 Å². The summed E-state index contributed by atoms with van der Waals surface area (Å²) < 4.78 is 1.54. The Balaban J connectivity index is 1.96. The number of carbonyl (C=O) groups excluding carboxylic acids is 1. The summed E-state index contributed by atoms with van der Waals surface area (Å²) in [6.45, 7) is 1.18. The summed E-state index contributed by atoms with van der Waals surface area (Å²) in [7, 11) is 0. The van der Waals surface area contributed by atoms with E-state index in [1.54, 1.807) is 12.4 Å². The molecule has 2 aromatic heterocycles. The number of amides is 1. The van der Waals surface area contributed by atoms with E-state index in [0.717, 1.165) is 0 Å². The van der Waals surface area contributed by atoms with Gasteiger partial charge in [0.05, 0.1) is 23.5 Å². The number of rotatable bonds is 2. The van der Waals surface area contributed by atoms with E-state index < -0.39 is 12.0 Å². The molecule has 1 aliphatic rings. The maximum absolute atomic E-state index is 12.5. The van der Waals surface area contributed by atoms with E-state index in [1.807, 2.05) is 0 Å². The average Bonchev–Trinajstić information content (AvgIpc) is 2.90. The summed E-state index contributed by atoms with van der Waals surface area (Å²) in [5, 5.41) is 16.2. The van der Waals surface area contributed by atoms with Crippen molar-refractivity contribution in [2.24, 2.45) is 0 Å². The molecule has 104 valence electrons. The van der Waals surface area contributed by atoms with Gasteiger partial charge in [0.25, 0.3) is 5.91 Å². The Kier molecular flexibility index (Phi) is 3.07. The third kappa shape index (κ3) is 1.99. The van der Waals surface area contributed by atoms with E-state index in [1.165, 1.54) is 21.8 Å². The van der Waals surface area contributed by atoms with Crippen LogP contribution in [0, 0.1) is 0 Å². The SMILES string of the molecule is O=C(O)C1CNCCN1C(=O)c1cnn2ccncc12. The number of nitrogens with zero attached hydrogens (tertiary/aromatic N) is 4. The van der Waals surface area contributed by atoms with E-state index in [-0.39, 0.29) is 12.5 Å². The molecular formula is C12H13N5O3. The predicted octanol–water partition coefficient (Wildman–Crippen LogP) is -0.772. The molecule has 2 aromatic rings. The van der Waals surface area contributed by atoms with Crippen LogP contribution in [0.1, 0.15) is 10.4 Å². The third-order valence-corrected chi connectivity index (χ3v) is 3.34. The minimum atomic E-state index is -1.01. The van der Waals surface area contributed by atoms with Gasteiger partial charge < -0.3 is 15.3 Å². The lowest BCUT2D eigenvalue weighted by Gasteiger charge is -2.33. The monoisotopic (exact) mass is 275 g/mol. The lowest BCUT2D eigenvalue weighted by Crippen LogP contribution is -2.56. The van der Waals surface area contributed by atoms with E-state index >= 15 is 0 Å². The van der Waals surface area contributed by atoms with Crippen molar-refractivity contribution in [3.63, 3.8) is 0 Å². The fourth-order valence-electron chi connectivity index (χ4n) is 2.32. The first-order valence-corrected chi connectivity index (χ1v) is 6.20. The van der Waals surface area contributed by atoms with Gasteiger partial charge in [-0.05, 0) is 0 Å². The highest BCUT2D eigenvalue weighted by molar-refractivity contribution is 6.02. The Morgan fingerprint density at radius 2 is 2.25 bits per heavy atom. The van der Waals surface area contributed by atoms with Crippen LogP contribution in [0.2, 0.25) is 0 Å². The topological polar surface area (TPSA) is 99.8 Å². The van der Waals surface area contributed by atoms with Gasteiger partial charge in [0, 0.05) is 32.0 Å². The number of carboxylic acid groups (broad SMARTS) is 1. The van der Waals surface area contributed by atoms with Crippen molar-refractivity contribution in [2.75, 3.05) is 19.6 Å². The van der Waals surface area contributed by atoms with Gasteiger partial charge >= 0.3 is 5.97 Å². The highest BCUT2D eigenvalue weighted by Crippen LogP contribution is 2.15. The van der Waals surface area contributed by atoms with Crippen LogP contribution in [0.5, 0.6) is 0 Å². The number of aromatic nitrogens is 3. The van der Waals surface area contributed by atoms with Crippen molar-refractivity contribution >= 4 is 17.4 Å². The second-order valence-electron chi connectivity index (χ2n) is 4.52. The second kappa shape index (κ2) is 4.89. The highest BCUT2D eigenvalue weighted by Gasteiger charge is 2.33. The molecule has 3 rings (SSSR count). The van der Waals surface area contributed by atoms with Crippen LogP contribution in [-0.4, -0.2) is 62.2 Å². The first-order valence-electron chi connectivity index (χ1n) is 6.20. The number of carbonyl (C=O) groups is 2. The smallest absolute Gasteiger partial charge is 0.327 e. The zero-order valence-electron chi connectivity index (χ0n) is 10.6. The van der Waals surface area contributed by atoms with E-state index in [2.05, 4.69) is 15.4 Å². The number of hydrogen-bond acceptors (Lipinski definition) is 5. The van der Waals surface area contributed by atoms with Crippen molar-refractivity contribution in [1.82, 2.24) is 24.8 Å². The van der Waals surface area contributed by atoms with Crippen LogP contribution in [0.15, 0.2) is 24.8 Å². The van der Waals surface area contributed by atoms with Crippen molar-refractivity contribution in [3.8, 4) is 0 Å². The van der Waals surface area contributed by atoms with Crippen LogP contribution < -0.4 is 5.32 Å². The van der Waals surface area contributed by atoms with Crippen LogP contribution in [0.3, 0.4) is 0 Å². The summed E-state index contributed by atoms with van der Waals surface area (Å²) in [5.41, 5.74) is 0.937. The highest BCUT2D eigenvalue weighted by atomic mass is 16.4. The second-order valence-corrected chi connectivity index (χ2v) is 4.52. The molecule has 1 unspecified atom stereocenters. The maximum Gasteiger partial charge on any atom is 0.327 e. The molecule has 1 aliphatic heterocycles. The molecule has 3 heterocycles. The van der Waals surface area contributed by atoms with Crippen LogP contribution in [0.25, 0.3) is 5.52 Å². The molecule has 0 aromatic carbocycles. The molecule has 0 bridgehead atoms. The standard InChI is InChI=1S/C12H13N5O3/c18-11(16-3-1-13-7-10(16)12(19)20)8-5-15-17-4-2-14-6-9(8)17/h2,4-6,10,13H,1,3,7H2,(H,19,20). The quantitative estimate of drug-likeness (QED) is 0.746. The van der Waals surface area contributed by atoms with Gasteiger partial charge in [0.15, 0.2) is 0 Å². The Morgan fingerprint density at radius 3 is 3.05 bits per heavy atom. The van der Waals surface area contributed by atoms with Crippen molar-refractivity contribution in [2.45, 2.75) is 6.04 Å². The molecule has 8 heteroatoms. The molecule has 1 saturated heterocycles. The molecule has 0 radical (unpaired) electrons. The lowest BCUT2D eigenvalue weighted by molar-refractivity contribution is -0.142. The summed E-state index contributed by atoms with van der Waals surface area (Å²) in [6.07, 6.45) is 6.19. The molecule has 0 saturated carbocycles. The first kappa shape index (κ1) is 12.5. The summed E-state index contributed by atoms with van der Waals surface area (Å²) >= 11 is 0. The number of fused-ring (bicyclic) bond motifs is 1. The fourth-order valence-corrected chi connectivity index (χ4v) is 2.32. The van der Waals surface area contributed by atoms with Gasteiger partial charge in [0.2, 0.25) is 0 Å². The Labute approximate surface area is 114 Å². The molecule has 2 N–H and O–H groups in total. The third-order valence-electron chi connectivity index (χ3n) is 3.34. The number of nitrogens with one attached hydrogen (secondary N) is 1. The van der Waals surface area contributed by atoms with Gasteiger partial charge in [-0.3, -0.25) is 9.78 Å². The van der Waals surface area contributed by atoms with Gasteiger partial charge in [0.1, 0.15) is 6.04 Å². The normalized spacial score (nSPS) is 19.2. The van der Waals surface area contributed by atoms with Gasteiger partial charge in [-0.15, -0.1) is 0 Å². The molecule has 20 heavy (non-hydrogen) atoms.